The molecule has 0 spiro atoms. The van der Waals surface area contributed by atoms with Crippen molar-refractivity contribution in [2.45, 2.75) is 50.7 Å². The predicted molar refractivity (Wildman–Crippen MR) is 133 cm³/mol. The first-order valence-corrected chi connectivity index (χ1v) is 12.6. The number of aromatic amines is 1. The summed E-state index contributed by atoms with van der Waals surface area (Å²) in [6, 6.07) is 10.3. The summed E-state index contributed by atoms with van der Waals surface area (Å²) in [7, 11) is 0. The molecule has 3 aliphatic rings. The quantitative estimate of drug-likeness (QED) is 0.536. The van der Waals surface area contributed by atoms with Gasteiger partial charge < -0.3 is 9.88 Å². The molecule has 1 aromatic heterocycles. The number of benzene rings is 2. The lowest BCUT2D eigenvalue weighted by Crippen LogP contribution is -2.52. The van der Waals surface area contributed by atoms with E-state index in [0.29, 0.717) is 16.7 Å². The van der Waals surface area contributed by atoms with Crippen LogP contribution in [0.2, 0.25) is 0 Å². The molecule has 3 amide bonds. The lowest BCUT2D eigenvalue weighted by Gasteiger charge is -2.32. The van der Waals surface area contributed by atoms with Crippen LogP contribution in [-0.4, -0.2) is 51.6 Å². The average molecular weight is 500 g/mol. The number of piperidine rings is 2. The van der Waals surface area contributed by atoms with Gasteiger partial charge in [0.25, 0.3) is 5.91 Å². The standard InChI is InChI=1S/C28H26FN5O3/c29-23-11-22-18(15-34(28(22)37)25-3-4-26(35)32-27(25)36)10-21(23)17-5-7-33(8-6-17)14-19-13-31-24-9-16(12-30)1-2-20(19)24/h1-2,9-11,13,17,25,31H,3-8,14-15H2,(H,32,35,36). The molecule has 188 valence electrons. The number of H-pyrrole nitrogens is 1. The van der Waals surface area contributed by atoms with E-state index in [9.17, 15) is 14.4 Å². The summed E-state index contributed by atoms with van der Waals surface area (Å²) in [4.78, 5) is 43.8. The van der Waals surface area contributed by atoms with E-state index in [4.69, 9.17) is 5.26 Å². The Morgan fingerprint density at radius 2 is 1.89 bits per heavy atom. The van der Waals surface area contributed by atoms with Crippen LogP contribution in [0.25, 0.3) is 10.9 Å². The molecular weight excluding hydrogens is 473 g/mol. The van der Waals surface area contributed by atoms with Crippen LogP contribution in [-0.2, 0) is 22.7 Å². The number of nitrogens with one attached hydrogen (secondary N) is 2. The highest BCUT2D eigenvalue weighted by Gasteiger charge is 2.40. The summed E-state index contributed by atoms with van der Waals surface area (Å²) >= 11 is 0. The maximum atomic E-state index is 15.2. The van der Waals surface area contributed by atoms with Crippen molar-refractivity contribution in [3.8, 4) is 6.07 Å². The molecule has 2 N–H and O–H groups in total. The minimum atomic E-state index is -0.705. The number of hydrogen-bond acceptors (Lipinski definition) is 5. The van der Waals surface area contributed by atoms with Gasteiger partial charge in [-0.25, -0.2) is 4.39 Å². The molecular formula is C28H26FN5O3. The summed E-state index contributed by atoms with van der Waals surface area (Å²) in [6.45, 7) is 2.68. The molecule has 2 fully saturated rings. The number of nitriles is 1. The highest BCUT2D eigenvalue weighted by Crippen LogP contribution is 2.36. The predicted octanol–water partition coefficient (Wildman–Crippen LogP) is 3.32. The average Bonchev–Trinajstić information content (AvgIpc) is 3.44. The molecule has 1 unspecified atom stereocenters. The number of rotatable bonds is 4. The van der Waals surface area contributed by atoms with Crippen molar-refractivity contribution in [1.82, 2.24) is 20.1 Å². The molecule has 9 heteroatoms. The normalized spacial score (nSPS) is 20.8. The van der Waals surface area contributed by atoms with Gasteiger partial charge in [-0.15, -0.1) is 0 Å². The molecule has 0 radical (unpaired) electrons. The Kier molecular flexibility index (Phi) is 5.76. The summed E-state index contributed by atoms with van der Waals surface area (Å²) in [5, 5.41) is 12.5. The van der Waals surface area contributed by atoms with Crippen LogP contribution < -0.4 is 5.32 Å². The van der Waals surface area contributed by atoms with Gasteiger partial charge in [-0.05, 0) is 73.2 Å². The number of aromatic nitrogens is 1. The van der Waals surface area contributed by atoms with Crippen molar-refractivity contribution in [2.24, 2.45) is 0 Å². The topological polar surface area (TPSA) is 109 Å². The van der Waals surface area contributed by atoms with Crippen molar-refractivity contribution in [1.29, 1.82) is 5.26 Å². The molecule has 3 aromatic rings. The minimum Gasteiger partial charge on any atom is -0.361 e. The number of fused-ring (bicyclic) bond motifs is 2. The van der Waals surface area contributed by atoms with E-state index in [2.05, 4.69) is 21.3 Å². The zero-order valence-corrected chi connectivity index (χ0v) is 20.2. The van der Waals surface area contributed by atoms with E-state index in [1.807, 2.05) is 24.4 Å². The van der Waals surface area contributed by atoms with Crippen LogP contribution in [0.4, 0.5) is 4.39 Å². The van der Waals surface area contributed by atoms with Crippen molar-refractivity contribution in [2.75, 3.05) is 13.1 Å². The van der Waals surface area contributed by atoms with Gasteiger partial charge in [0, 0.05) is 42.2 Å². The van der Waals surface area contributed by atoms with Crippen LogP contribution in [0.15, 0.2) is 36.5 Å². The first kappa shape index (κ1) is 23.4. The van der Waals surface area contributed by atoms with Crippen LogP contribution in [0.3, 0.4) is 0 Å². The fourth-order valence-electron chi connectivity index (χ4n) is 5.95. The Morgan fingerprint density at radius 1 is 1.08 bits per heavy atom. The monoisotopic (exact) mass is 499 g/mol. The van der Waals surface area contributed by atoms with Crippen LogP contribution in [0.5, 0.6) is 0 Å². The molecule has 3 aliphatic heterocycles. The third kappa shape index (κ3) is 4.17. The van der Waals surface area contributed by atoms with Crippen LogP contribution >= 0.6 is 0 Å². The maximum Gasteiger partial charge on any atom is 0.255 e. The zero-order valence-electron chi connectivity index (χ0n) is 20.2. The van der Waals surface area contributed by atoms with Crippen LogP contribution in [0, 0.1) is 17.1 Å². The SMILES string of the molecule is N#Cc1ccc2c(CN3CCC(c4cc5c(cc4F)C(=O)N(C4CCC(=O)NC4=O)C5)CC3)c[nH]c2c1. The Labute approximate surface area is 213 Å². The highest BCUT2D eigenvalue weighted by molar-refractivity contribution is 6.05. The number of hydrogen-bond donors (Lipinski definition) is 2. The Hall–Kier alpha value is -4.03. The maximum absolute atomic E-state index is 15.2. The fraction of sp³-hybridized carbons (Fsp3) is 0.357. The van der Waals surface area contributed by atoms with E-state index < -0.39 is 11.9 Å². The first-order valence-electron chi connectivity index (χ1n) is 12.6. The largest absolute Gasteiger partial charge is 0.361 e. The van der Waals surface area contributed by atoms with Gasteiger partial charge in [0.15, 0.2) is 0 Å². The van der Waals surface area contributed by atoms with Crippen molar-refractivity contribution in [3.63, 3.8) is 0 Å². The third-order valence-corrected chi connectivity index (χ3v) is 7.96. The second-order valence-electron chi connectivity index (χ2n) is 10.2. The van der Waals surface area contributed by atoms with Gasteiger partial charge in [-0.1, -0.05) is 12.1 Å². The van der Waals surface area contributed by atoms with Crippen molar-refractivity contribution in [3.05, 3.63) is 70.2 Å². The molecule has 6 rings (SSSR count). The Morgan fingerprint density at radius 3 is 2.65 bits per heavy atom. The first-order chi connectivity index (χ1) is 17.9. The number of imide groups is 1. The third-order valence-electron chi connectivity index (χ3n) is 7.96. The zero-order chi connectivity index (χ0) is 25.7. The smallest absolute Gasteiger partial charge is 0.255 e. The Bertz CT molecular complexity index is 1480. The number of carbonyl (C=O) groups is 3. The summed E-state index contributed by atoms with van der Waals surface area (Å²) in [6.07, 6.45) is 4.08. The summed E-state index contributed by atoms with van der Waals surface area (Å²) in [5.74, 6) is -1.47. The molecule has 4 heterocycles. The van der Waals surface area contributed by atoms with Gasteiger partial charge in [-0.2, -0.15) is 5.26 Å². The highest BCUT2D eigenvalue weighted by atomic mass is 19.1. The number of halogens is 1. The van der Waals surface area contributed by atoms with E-state index in [1.165, 1.54) is 16.5 Å². The molecule has 2 aromatic carbocycles. The number of amides is 3. The lowest BCUT2D eigenvalue weighted by molar-refractivity contribution is -0.136. The molecule has 0 saturated carbocycles. The van der Waals surface area contributed by atoms with E-state index in [0.717, 1.165) is 48.9 Å². The molecule has 1 atom stereocenters. The van der Waals surface area contributed by atoms with Crippen LogP contribution in [0.1, 0.15) is 64.2 Å². The van der Waals surface area contributed by atoms with E-state index in [1.54, 1.807) is 6.07 Å². The van der Waals surface area contributed by atoms with Crippen molar-refractivity contribution < 1.29 is 18.8 Å². The number of nitrogens with zero attached hydrogens (tertiary/aromatic N) is 3. The lowest BCUT2D eigenvalue weighted by atomic mass is 9.87. The molecule has 0 bridgehead atoms. The molecule has 37 heavy (non-hydrogen) atoms. The van der Waals surface area contributed by atoms with Gasteiger partial charge >= 0.3 is 0 Å². The van der Waals surface area contributed by atoms with Crippen molar-refractivity contribution >= 4 is 28.6 Å². The summed E-state index contributed by atoms with van der Waals surface area (Å²) < 4.78 is 15.2. The second kappa shape index (κ2) is 9.12. The Balaban J connectivity index is 1.13. The molecule has 0 aliphatic carbocycles. The molecule has 2 saturated heterocycles. The van der Waals surface area contributed by atoms with Gasteiger partial charge in [0.05, 0.1) is 11.6 Å². The van der Waals surface area contributed by atoms with Gasteiger partial charge in [-0.3, -0.25) is 24.6 Å². The number of likely N-dealkylation sites (tertiary alicyclic amines) is 1. The van der Waals surface area contributed by atoms with E-state index >= 15 is 4.39 Å². The second-order valence-corrected chi connectivity index (χ2v) is 10.2. The van der Waals surface area contributed by atoms with Gasteiger partial charge in [0.1, 0.15) is 11.9 Å². The fourth-order valence-corrected chi connectivity index (χ4v) is 5.95. The minimum absolute atomic E-state index is 0.0578. The summed E-state index contributed by atoms with van der Waals surface area (Å²) in [5.41, 5.74) is 4.43. The molecule has 8 nitrogen and oxygen atoms in total. The number of carbonyl (C=O) groups excluding carboxylic acids is 3. The van der Waals surface area contributed by atoms with Gasteiger partial charge in [0.2, 0.25) is 11.8 Å². The van der Waals surface area contributed by atoms with E-state index in [-0.39, 0.29) is 42.9 Å².